The number of aromatic amines is 1. The molecule has 0 spiro atoms. The summed E-state index contributed by atoms with van der Waals surface area (Å²) in [5.41, 5.74) is 2.96. The summed E-state index contributed by atoms with van der Waals surface area (Å²) in [4.78, 5) is 20.7. The molecule has 0 amide bonds. The number of thiophene rings is 1. The maximum atomic E-state index is 12.5. The van der Waals surface area contributed by atoms with Crippen LogP contribution in [0.3, 0.4) is 0 Å². The van der Waals surface area contributed by atoms with Gasteiger partial charge in [0.2, 0.25) is 0 Å². The fourth-order valence-electron chi connectivity index (χ4n) is 3.33. The number of fused-ring (bicyclic) bond motifs is 1. The van der Waals surface area contributed by atoms with Gasteiger partial charge in [-0.2, -0.15) is 10.4 Å². The van der Waals surface area contributed by atoms with Crippen LogP contribution in [-0.2, 0) is 0 Å². The van der Waals surface area contributed by atoms with E-state index in [4.69, 9.17) is 5.10 Å². The molecule has 0 bridgehead atoms. The Kier molecular flexibility index (Phi) is 4.75. The number of rotatable bonds is 4. The van der Waals surface area contributed by atoms with E-state index in [0.29, 0.717) is 10.9 Å². The number of H-pyrrole nitrogens is 1. The van der Waals surface area contributed by atoms with E-state index < -0.39 is 0 Å². The normalized spacial score (nSPS) is 11.5. The first kappa shape index (κ1) is 18.7. The molecule has 0 aliphatic heterocycles. The molecule has 148 valence electrons. The minimum Gasteiger partial charge on any atom is -0.305 e. The molecule has 7 heteroatoms. The molecule has 5 rings (SSSR count). The third-order valence-corrected chi connectivity index (χ3v) is 5.68. The van der Waals surface area contributed by atoms with Crippen LogP contribution in [0.1, 0.15) is 11.4 Å². The van der Waals surface area contributed by atoms with Crippen LogP contribution in [0, 0.1) is 11.3 Å². The zero-order valence-corrected chi connectivity index (χ0v) is 17.0. The highest BCUT2D eigenvalue weighted by Gasteiger charge is 2.15. The lowest BCUT2D eigenvalue weighted by Gasteiger charge is -2.02. The molecule has 0 aliphatic carbocycles. The van der Waals surface area contributed by atoms with Gasteiger partial charge in [0.05, 0.1) is 27.0 Å². The lowest BCUT2D eigenvalue weighted by atomic mass is 10.1. The van der Waals surface area contributed by atoms with Crippen molar-refractivity contribution < 1.29 is 0 Å². The summed E-state index contributed by atoms with van der Waals surface area (Å²) >= 11 is 1.57. The van der Waals surface area contributed by atoms with Crippen molar-refractivity contribution >= 4 is 33.9 Å². The number of hydrogen-bond acceptors (Lipinski definition) is 5. The molecular formula is C24H15N5OS. The Morgan fingerprint density at radius 3 is 2.65 bits per heavy atom. The van der Waals surface area contributed by atoms with Crippen LogP contribution in [0.15, 0.2) is 83.1 Å². The van der Waals surface area contributed by atoms with Crippen molar-refractivity contribution in [3.63, 3.8) is 0 Å². The Hall–Kier alpha value is -4.28. The predicted molar refractivity (Wildman–Crippen MR) is 123 cm³/mol. The average molecular weight is 421 g/mol. The molecular weight excluding hydrogens is 406 g/mol. The zero-order chi connectivity index (χ0) is 21.2. The SMILES string of the molecule is N#C/C(=C\c1cn(-c2ccccc2)nc1-c1cccs1)c1nc2ccccc2c(=O)[nH]1. The molecule has 0 atom stereocenters. The second-order valence-corrected chi connectivity index (χ2v) is 7.74. The number of nitrogens with one attached hydrogen (secondary N) is 1. The molecule has 3 heterocycles. The molecule has 0 fully saturated rings. The highest BCUT2D eigenvalue weighted by molar-refractivity contribution is 7.13. The van der Waals surface area contributed by atoms with Gasteiger partial charge in [-0.05, 0) is 41.8 Å². The summed E-state index contributed by atoms with van der Waals surface area (Å²) in [6.07, 6.45) is 3.59. The Morgan fingerprint density at radius 2 is 1.87 bits per heavy atom. The van der Waals surface area contributed by atoms with Crippen LogP contribution in [0.2, 0.25) is 0 Å². The summed E-state index contributed by atoms with van der Waals surface area (Å²) in [7, 11) is 0. The molecule has 2 aromatic carbocycles. The molecule has 0 saturated heterocycles. The van der Waals surface area contributed by atoms with Gasteiger partial charge in [0.1, 0.15) is 11.8 Å². The highest BCUT2D eigenvalue weighted by Crippen LogP contribution is 2.30. The van der Waals surface area contributed by atoms with E-state index in [1.54, 1.807) is 40.3 Å². The fraction of sp³-hybridized carbons (Fsp3) is 0. The van der Waals surface area contributed by atoms with Gasteiger partial charge in [0.25, 0.3) is 5.56 Å². The van der Waals surface area contributed by atoms with Crippen molar-refractivity contribution in [2.75, 3.05) is 0 Å². The van der Waals surface area contributed by atoms with Gasteiger partial charge in [-0.15, -0.1) is 11.3 Å². The summed E-state index contributed by atoms with van der Waals surface area (Å²) < 4.78 is 1.78. The van der Waals surface area contributed by atoms with Crippen molar-refractivity contribution in [3.8, 4) is 22.3 Å². The molecule has 31 heavy (non-hydrogen) atoms. The first-order valence-electron chi connectivity index (χ1n) is 9.53. The largest absolute Gasteiger partial charge is 0.305 e. The quantitative estimate of drug-likeness (QED) is 0.418. The van der Waals surface area contributed by atoms with Gasteiger partial charge >= 0.3 is 0 Å². The van der Waals surface area contributed by atoms with Gasteiger partial charge in [-0.3, -0.25) is 4.79 Å². The van der Waals surface area contributed by atoms with E-state index in [1.807, 2.05) is 60.1 Å². The predicted octanol–water partition coefficient (Wildman–Crippen LogP) is 4.90. The monoisotopic (exact) mass is 421 g/mol. The maximum Gasteiger partial charge on any atom is 0.259 e. The second kappa shape index (κ2) is 7.86. The van der Waals surface area contributed by atoms with Crippen LogP contribution in [0.4, 0.5) is 0 Å². The van der Waals surface area contributed by atoms with Gasteiger partial charge in [-0.1, -0.05) is 36.4 Å². The topological polar surface area (TPSA) is 87.4 Å². The Morgan fingerprint density at radius 1 is 1.06 bits per heavy atom. The van der Waals surface area contributed by atoms with E-state index in [0.717, 1.165) is 21.8 Å². The zero-order valence-electron chi connectivity index (χ0n) is 16.2. The van der Waals surface area contributed by atoms with Gasteiger partial charge in [0.15, 0.2) is 5.82 Å². The molecule has 0 radical (unpaired) electrons. The van der Waals surface area contributed by atoms with Crippen LogP contribution >= 0.6 is 11.3 Å². The molecule has 6 nitrogen and oxygen atoms in total. The lowest BCUT2D eigenvalue weighted by Crippen LogP contribution is -2.11. The third kappa shape index (κ3) is 3.56. The van der Waals surface area contributed by atoms with Crippen LogP contribution < -0.4 is 5.56 Å². The van der Waals surface area contributed by atoms with Crippen molar-refractivity contribution in [1.82, 2.24) is 19.7 Å². The number of aromatic nitrogens is 4. The fourth-order valence-corrected chi connectivity index (χ4v) is 4.06. The number of para-hydroxylation sites is 2. The second-order valence-electron chi connectivity index (χ2n) is 6.79. The minimum atomic E-state index is -0.278. The minimum absolute atomic E-state index is 0.232. The Balaban J connectivity index is 1.68. The van der Waals surface area contributed by atoms with E-state index in [-0.39, 0.29) is 17.0 Å². The summed E-state index contributed by atoms with van der Waals surface area (Å²) in [6, 6.07) is 23.0. The standard InChI is InChI=1S/C24H15N5OS/c25-14-16(23-26-20-10-5-4-9-19(20)24(30)27-23)13-17-15-29(18-7-2-1-3-8-18)28-22(17)21-11-6-12-31-21/h1-13,15H,(H,26,27,30)/b16-13+. The van der Waals surface area contributed by atoms with Crippen LogP contribution in [0.5, 0.6) is 0 Å². The van der Waals surface area contributed by atoms with Crippen LogP contribution in [-0.4, -0.2) is 19.7 Å². The molecule has 1 N–H and O–H groups in total. The van der Waals surface area contributed by atoms with E-state index >= 15 is 0 Å². The van der Waals surface area contributed by atoms with Gasteiger partial charge < -0.3 is 4.98 Å². The summed E-state index contributed by atoms with van der Waals surface area (Å²) in [5.74, 6) is 0.232. The smallest absolute Gasteiger partial charge is 0.259 e. The molecule has 0 unspecified atom stereocenters. The molecule has 5 aromatic rings. The van der Waals surface area contributed by atoms with Gasteiger partial charge in [0, 0.05) is 11.8 Å². The van der Waals surface area contributed by atoms with E-state index in [9.17, 15) is 10.1 Å². The van der Waals surface area contributed by atoms with Crippen molar-refractivity contribution in [1.29, 1.82) is 5.26 Å². The van der Waals surface area contributed by atoms with E-state index in [1.165, 1.54) is 0 Å². The Labute approximate surface area is 181 Å². The number of allylic oxidation sites excluding steroid dienone is 1. The lowest BCUT2D eigenvalue weighted by molar-refractivity contribution is 0.885. The summed E-state index contributed by atoms with van der Waals surface area (Å²) in [6.45, 7) is 0. The highest BCUT2D eigenvalue weighted by atomic mass is 32.1. The average Bonchev–Trinajstić information content (AvgIpc) is 3.48. The number of nitriles is 1. The first-order chi connectivity index (χ1) is 15.2. The van der Waals surface area contributed by atoms with Crippen molar-refractivity contribution in [2.24, 2.45) is 0 Å². The molecule has 3 aromatic heterocycles. The van der Waals surface area contributed by atoms with Crippen molar-refractivity contribution in [2.45, 2.75) is 0 Å². The van der Waals surface area contributed by atoms with E-state index in [2.05, 4.69) is 16.0 Å². The van der Waals surface area contributed by atoms with Crippen LogP contribution in [0.25, 0.3) is 38.8 Å². The van der Waals surface area contributed by atoms with Gasteiger partial charge in [-0.25, -0.2) is 9.67 Å². The molecule has 0 saturated carbocycles. The maximum absolute atomic E-state index is 12.5. The number of hydrogen-bond donors (Lipinski definition) is 1. The molecule has 0 aliphatic rings. The van der Waals surface area contributed by atoms with Crippen molar-refractivity contribution in [3.05, 3.63) is 100 Å². The number of benzene rings is 2. The number of nitrogens with zero attached hydrogens (tertiary/aromatic N) is 4. The Bertz CT molecular complexity index is 1510. The summed E-state index contributed by atoms with van der Waals surface area (Å²) in [5, 5.41) is 17.1. The first-order valence-corrected chi connectivity index (χ1v) is 10.4. The third-order valence-electron chi connectivity index (χ3n) is 4.81.